The van der Waals surface area contributed by atoms with Gasteiger partial charge in [-0.3, -0.25) is 0 Å². The first-order chi connectivity index (χ1) is 6.81. The van der Waals surface area contributed by atoms with Crippen LogP contribution in [-0.2, 0) is 4.74 Å². The molecular weight excluding hydrogens is 178 g/mol. The van der Waals surface area contributed by atoms with E-state index in [2.05, 4.69) is 4.98 Å². The zero-order valence-corrected chi connectivity index (χ0v) is 7.73. The minimum Gasteiger partial charge on any atom is -0.383 e. The number of nitrogen functional groups attached to an aromatic ring is 1. The van der Waals surface area contributed by atoms with Crippen LogP contribution in [0.1, 0.15) is 23.6 Å². The number of hydrogen-bond donors (Lipinski definition) is 1. The molecule has 2 rings (SSSR count). The normalized spacial score (nSPS) is 20.6. The van der Waals surface area contributed by atoms with Crippen LogP contribution in [0.15, 0.2) is 12.1 Å². The van der Waals surface area contributed by atoms with E-state index in [1.807, 2.05) is 12.1 Å². The summed E-state index contributed by atoms with van der Waals surface area (Å²) in [6.45, 7) is 1.49. The maximum absolute atomic E-state index is 8.68. The van der Waals surface area contributed by atoms with Gasteiger partial charge in [0.25, 0.3) is 0 Å². The van der Waals surface area contributed by atoms with Crippen LogP contribution in [0.3, 0.4) is 0 Å². The summed E-state index contributed by atoms with van der Waals surface area (Å²) in [7, 11) is 0. The Morgan fingerprint density at radius 1 is 1.57 bits per heavy atom. The molecule has 4 heteroatoms. The molecule has 2 N–H and O–H groups in total. The standard InChI is InChI=1S/C10H11N3O/c11-5-7-1-2-9(13-10(7)12)8-3-4-14-6-8/h1-2,8H,3-4,6H2,(H2,12,13). The van der Waals surface area contributed by atoms with E-state index < -0.39 is 0 Å². The fraction of sp³-hybridized carbons (Fsp3) is 0.400. The van der Waals surface area contributed by atoms with Gasteiger partial charge in [0.1, 0.15) is 11.9 Å². The molecular formula is C10H11N3O. The average Bonchev–Trinajstić information content (AvgIpc) is 2.70. The van der Waals surface area contributed by atoms with Gasteiger partial charge in [0.2, 0.25) is 0 Å². The lowest BCUT2D eigenvalue weighted by atomic mass is 10.0. The first-order valence-corrected chi connectivity index (χ1v) is 4.55. The second-order valence-electron chi connectivity index (χ2n) is 3.34. The fourth-order valence-electron chi connectivity index (χ4n) is 1.58. The third-order valence-corrected chi connectivity index (χ3v) is 2.41. The van der Waals surface area contributed by atoms with Crippen molar-refractivity contribution >= 4 is 5.82 Å². The molecule has 2 heterocycles. The van der Waals surface area contributed by atoms with Crippen LogP contribution in [0.2, 0.25) is 0 Å². The molecule has 0 amide bonds. The number of nitrogens with zero attached hydrogens (tertiary/aromatic N) is 2. The maximum Gasteiger partial charge on any atom is 0.141 e. The highest BCUT2D eigenvalue weighted by Crippen LogP contribution is 2.24. The summed E-state index contributed by atoms with van der Waals surface area (Å²) in [5.41, 5.74) is 6.99. The molecule has 0 aliphatic carbocycles. The predicted molar refractivity (Wildman–Crippen MR) is 51.5 cm³/mol. The smallest absolute Gasteiger partial charge is 0.141 e. The first kappa shape index (κ1) is 8.97. The molecule has 1 aliphatic heterocycles. The number of hydrogen-bond acceptors (Lipinski definition) is 4. The molecule has 1 aliphatic rings. The van der Waals surface area contributed by atoms with Gasteiger partial charge in [0, 0.05) is 18.2 Å². The van der Waals surface area contributed by atoms with Crippen LogP contribution in [0.4, 0.5) is 5.82 Å². The average molecular weight is 189 g/mol. The summed E-state index contributed by atoms with van der Waals surface area (Å²) in [4.78, 5) is 4.20. The van der Waals surface area contributed by atoms with Crippen molar-refractivity contribution in [2.45, 2.75) is 12.3 Å². The van der Waals surface area contributed by atoms with Crippen LogP contribution >= 0.6 is 0 Å². The van der Waals surface area contributed by atoms with E-state index >= 15 is 0 Å². The van der Waals surface area contributed by atoms with E-state index in [-0.39, 0.29) is 0 Å². The summed E-state index contributed by atoms with van der Waals surface area (Å²) in [5.74, 6) is 0.655. The van der Waals surface area contributed by atoms with Crippen molar-refractivity contribution in [2.75, 3.05) is 18.9 Å². The molecule has 14 heavy (non-hydrogen) atoms. The zero-order chi connectivity index (χ0) is 9.97. The third-order valence-electron chi connectivity index (χ3n) is 2.41. The highest BCUT2D eigenvalue weighted by Gasteiger charge is 2.19. The van der Waals surface area contributed by atoms with Crippen molar-refractivity contribution < 1.29 is 4.74 Å². The topological polar surface area (TPSA) is 71.9 Å². The van der Waals surface area contributed by atoms with Crippen molar-refractivity contribution in [2.24, 2.45) is 0 Å². The molecule has 0 saturated carbocycles. The number of ether oxygens (including phenoxy) is 1. The molecule has 0 spiro atoms. The van der Waals surface area contributed by atoms with Crippen LogP contribution in [0, 0.1) is 11.3 Å². The molecule has 1 unspecified atom stereocenters. The maximum atomic E-state index is 8.68. The molecule has 72 valence electrons. The van der Waals surface area contributed by atoms with Crippen molar-refractivity contribution in [1.82, 2.24) is 4.98 Å². The number of nitrogens with two attached hydrogens (primary N) is 1. The van der Waals surface area contributed by atoms with Crippen molar-refractivity contribution in [3.05, 3.63) is 23.4 Å². The van der Waals surface area contributed by atoms with Crippen LogP contribution in [0.25, 0.3) is 0 Å². The summed E-state index contributed by atoms with van der Waals surface area (Å²) in [5, 5.41) is 8.68. The quantitative estimate of drug-likeness (QED) is 0.716. The lowest BCUT2D eigenvalue weighted by Crippen LogP contribution is -2.04. The highest BCUT2D eigenvalue weighted by atomic mass is 16.5. The molecule has 0 bridgehead atoms. The Hall–Kier alpha value is -1.60. The number of rotatable bonds is 1. The van der Waals surface area contributed by atoms with Gasteiger partial charge in [0.05, 0.1) is 12.2 Å². The molecule has 1 saturated heterocycles. The van der Waals surface area contributed by atoms with Crippen LogP contribution < -0.4 is 5.73 Å². The summed E-state index contributed by atoms with van der Waals surface area (Å²) in [6.07, 6.45) is 0.984. The first-order valence-electron chi connectivity index (χ1n) is 4.55. The van der Waals surface area contributed by atoms with Gasteiger partial charge in [-0.05, 0) is 18.6 Å². The fourth-order valence-corrected chi connectivity index (χ4v) is 1.58. The molecule has 1 fully saturated rings. The van der Waals surface area contributed by atoms with E-state index in [4.69, 9.17) is 15.7 Å². The van der Waals surface area contributed by atoms with Crippen molar-refractivity contribution in [3.8, 4) is 6.07 Å². The number of aromatic nitrogens is 1. The van der Waals surface area contributed by atoms with Gasteiger partial charge < -0.3 is 10.5 Å². The summed E-state index contributed by atoms with van der Waals surface area (Å²) >= 11 is 0. The van der Waals surface area contributed by atoms with E-state index in [0.29, 0.717) is 23.9 Å². The SMILES string of the molecule is N#Cc1ccc(C2CCOC2)nc1N. The molecule has 1 atom stereocenters. The monoisotopic (exact) mass is 189 g/mol. The Labute approximate surface area is 82.3 Å². The third kappa shape index (κ3) is 1.54. The second kappa shape index (κ2) is 3.64. The lowest BCUT2D eigenvalue weighted by molar-refractivity contribution is 0.193. The number of anilines is 1. The molecule has 1 aromatic rings. The lowest BCUT2D eigenvalue weighted by Gasteiger charge is -2.07. The molecule has 4 nitrogen and oxygen atoms in total. The molecule has 0 aromatic carbocycles. The zero-order valence-electron chi connectivity index (χ0n) is 7.73. The van der Waals surface area contributed by atoms with Gasteiger partial charge in [-0.1, -0.05) is 0 Å². The van der Waals surface area contributed by atoms with E-state index in [0.717, 1.165) is 18.7 Å². The Bertz CT molecular complexity index is 377. The Balaban J connectivity index is 2.28. The van der Waals surface area contributed by atoms with E-state index in [9.17, 15) is 0 Å². The van der Waals surface area contributed by atoms with Gasteiger partial charge >= 0.3 is 0 Å². The van der Waals surface area contributed by atoms with Gasteiger partial charge in [-0.25, -0.2) is 4.98 Å². The van der Waals surface area contributed by atoms with Gasteiger partial charge in [-0.15, -0.1) is 0 Å². The predicted octanol–water partition coefficient (Wildman–Crippen LogP) is 1.04. The minimum absolute atomic E-state index is 0.317. The number of pyridine rings is 1. The van der Waals surface area contributed by atoms with Crippen LogP contribution in [-0.4, -0.2) is 18.2 Å². The van der Waals surface area contributed by atoms with Gasteiger partial charge in [0.15, 0.2) is 0 Å². The Morgan fingerprint density at radius 2 is 2.43 bits per heavy atom. The minimum atomic E-state index is 0.317. The molecule has 1 aromatic heterocycles. The molecule has 0 radical (unpaired) electrons. The highest BCUT2D eigenvalue weighted by molar-refractivity contribution is 5.48. The second-order valence-corrected chi connectivity index (χ2v) is 3.34. The van der Waals surface area contributed by atoms with Gasteiger partial charge in [-0.2, -0.15) is 5.26 Å². The Kier molecular flexibility index (Phi) is 2.33. The number of nitriles is 1. The van der Waals surface area contributed by atoms with Crippen LogP contribution in [0.5, 0.6) is 0 Å². The van der Waals surface area contributed by atoms with E-state index in [1.165, 1.54) is 0 Å². The summed E-state index contributed by atoms with van der Waals surface area (Å²) in [6, 6.07) is 5.57. The Morgan fingerprint density at radius 3 is 3.00 bits per heavy atom. The van der Waals surface area contributed by atoms with E-state index in [1.54, 1.807) is 6.07 Å². The summed E-state index contributed by atoms with van der Waals surface area (Å²) < 4.78 is 5.26. The largest absolute Gasteiger partial charge is 0.383 e. The van der Waals surface area contributed by atoms with Crippen molar-refractivity contribution in [3.63, 3.8) is 0 Å². The van der Waals surface area contributed by atoms with Crippen molar-refractivity contribution in [1.29, 1.82) is 5.26 Å².